The second kappa shape index (κ2) is 6.34. The van der Waals surface area contributed by atoms with Crippen molar-refractivity contribution in [2.45, 2.75) is 44.7 Å². The summed E-state index contributed by atoms with van der Waals surface area (Å²) in [4.78, 5) is 15.5. The molecule has 0 atom stereocenters. The zero-order valence-electron chi connectivity index (χ0n) is 9.82. The average molecular weight is 238 g/mol. The van der Waals surface area contributed by atoms with Crippen molar-refractivity contribution < 1.29 is 9.32 Å². The molecule has 1 fully saturated rings. The summed E-state index contributed by atoms with van der Waals surface area (Å²) < 4.78 is 4.59. The quantitative estimate of drug-likeness (QED) is 0.785. The topological polar surface area (TPSA) is 80.1 Å². The normalized spacial score (nSPS) is 16.9. The lowest BCUT2D eigenvalue weighted by Crippen LogP contribution is -2.41. The van der Waals surface area contributed by atoms with Crippen LogP contribution in [0, 0.1) is 0 Å². The van der Waals surface area contributed by atoms with E-state index in [1.807, 2.05) is 0 Å². The molecule has 0 aliphatic heterocycles. The second-order valence-corrected chi connectivity index (χ2v) is 4.35. The summed E-state index contributed by atoms with van der Waals surface area (Å²) in [6.07, 6.45) is 7.23. The van der Waals surface area contributed by atoms with Crippen LogP contribution in [0.25, 0.3) is 0 Å². The fourth-order valence-electron chi connectivity index (χ4n) is 2.08. The number of nitrogens with one attached hydrogen (secondary N) is 2. The van der Waals surface area contributed by atoms with E-state index in [1.165, 1.54) is 25.7 Å². The number of carbonyl (C=O) groups excluding carboxylic acids is 1. The van der Waals surface area contributed by atoms with Gasteiger partial charge in [-0.1, -0.05) is 24.4 Å². The molecule has 0 saturated heterocycles. The largest absolute Gasteiger partial charge is 0.352 e. The van der Waals surface area contributed by atoms with E-state index >= 15 is 0 Å². The molecule has 1 aliphatic rings. The molecule has 1 aromatic rings. The number of hydrogen-bond acceptors (Lipinski definition) is 5. The first-order chi connectivity index (χ1) is 8.34. The molecule has 1 saturated carbocycles. The first-order valence-electron chi connectivity index (χ1n) is 6.10. The number of amides is 1. The fraction of sp³-hybridized carbons (Fsp3) is 0.727. The summed E-state index contributed by atoms with van der Waals surface area (Å²) in [5.74, 6) is 0.607. The summed E-state index contributed by atoms with van der Waals surface area (Å²) in [5.41, 5.74) is 0. The SMILES string of the molecule is O=C(CNCc1ncon1)NC1CCCCC1. The van der Waals surface area contributed by atoms with E-state index in [9.17, 15) is 4.79 Å². The van der Waals surface area contributed by atoms with Crippen LogP contribution >= 0.6 is 0 Å². The first-order valence-corrected chi connectivity index (χ1v) is 6.10. The molecule has 6 heteroatoms. The van der Waals surface area contributed by atoms with Crippen LogP contribution in [0.15, 0.2) is 10.9 Å². The molecule has 1 heterocycles. The molecule has 17 heavy (non-hydrogen) atoms. The highest BCUT2D eigenvalue weighted by Gasteiger charge is 2.15. The predicted octanol–water partition coefficient (Wildman–Crippen LogP) is 0.608. The van der Waals surface area contributed by atoms with Gasteiger partial charge in [0.25, 0.3) is 0 Å². The van der Waals surface area contributed by atoms with E-state index in [4.69, 9.17) is 0 Å². The van der Waals surface area contributed by atoms with Gasteiger partial charge in [-0.05, 0) is 12.8 Å². The molecule has 0 unspecified atom stereocenters. The van der Waals surface area contributed by atoms with Gasteiger partial charge in [-0.25, -0.2) is 0 Å². The molecule has 6 nitrogen and oxygen atoms in total. The van der Waals surface area contributed by atoms with E-state index in [0.29, 0.717) is 25.0 Å². The highest BCUT2D eigenvalue weighted by molar-refractivity contribution is 5.78. The van der Waals surface area contributed by atoms with Crippen molar-refractivity contribution in [3.63, 3.8) is 0 Å². The molecule has 1 aromatic heterocycles. The third-order valence-electron chi connectivity index (χ3n) is 2.95. The van der Waals surface area contributed by atoms with Crippen LogP contribution in [0.5, 0.6) is 0 Å². The smallest absolute Gasteiger partial charge is 0.234 e. The number of rotatable bonds is 5. The molecule has 94 valence electrons. The lowest BCUT2D eigenvalue weighted by molar-refractivity contribution is -0.121. The Bertz CT molecular complexity index is 333. The van der Waals surface area contributed by atoms with Crippen LogP contribution in [0.1, 0.15) is 37.9 Å². The van der Waals surface area contributed by atoms with Gasteiger partial charge >= 0.3 is 0 Å². The highest BCUT2D eigenvalue weighted by Crippen LogP contribution is 2.16. The Balaban J connectivity index is 1.60. The minimum atomic E-state index is 0.0420. The van der Waals surface area contributed by atoms with Crippen molar-refractivity contribution in [1.82, 2.24) is 20.8 Å². The zero-order chi connectivity index (χ0) is 11.9. The number of aromatic nitrogens is 2. The van der Waals surface area contributed by atoms with Gasteiger partial charge in [0, 0.05) is 6.04 Å². The number of carbonyl (C=O) groups is 1. The van der Waals surface area contributed by atoms with Gasteiger partial charge in [-0.2, -0.15) is 4.98 Å². The van der Waals surface area contributed by atoms with Gasteiger partial charge in [0.2, 0.25) is 12.3 Å². The maximum absolute atomic E-state index is 11.6. The Morgan fingerprint density at radius 2 is 2.24 bits per heavy atom. The van der Waals surface area contributed by atoms with E-state index in [-0.39, 0.29) is 5.91 Å². The van der Waals surface area contributed by atoms with Crippen molar-refractivity contribution in [3.05, 3.63) is 12.2 Å². The van der Waals surface area contributed by atoms with E-state index in [2.05, 4.69) is 25.3 Å². The summed E-state index contributed by atoms with van der Waals surface area (Å²) in [5, 5.41) is 9.66. The van der Waals surface area contributed by atoms with Crippen LogP contribution in [0.3, 0.4) is 0 Å². The van der Waals surface area contributed by atoms with Crippen molar-refractivity contribution in [3.8, 4) is 0 Å². The van der Waals surface area contributed by atoms with E-state index < -0.39 is 0 Å². The molecule has 0 bridgehead atoms. The molecule has 0 aromatic carbocycles. The van der Waals surface area contributed by atoms with Gasteiger partial charge in [-0.15, -0.1) is 0 Å². The molecule has 0 spiro atoms. The van der Waals surface area contributed by atoms with Crippen molar-refractivity contribution in [2.75, 3.05) is 6.54 Å². The summed E-state index contributed by atoms with van der Waals surface area (Å²) >= 11 is 0. The lowest BCUT2D eigenvalue weighted by atomic mass is 9.95. The lowest BCUT2D eigenvalue weighted by Gasteiger charge is -2.22. The first kappa shape index (κ1) is 12.0. The number of hydrogen-bond donors (Lipinski definition) is 2. The molecular formula is C11H18N4O2. The fourth-order valence-corrected chi connectivity index (χ4v) is 2.08. The molecule has 0 radical (unpaired) electrons. The molecule has 1 aliphatic carbocycles. The van der Waals surface area contributed by atoms with Gasteiger partial charge in [-0.3, -0.25) is 4.79 Å². The van der Waals surface area contributed by atoms with Crippen LogP contribution in [-0.4, -0.2) is 28.6 Å². The Hall–Kier alpha value is -1.43. The van der Waals surface area contributed by atoms with Crippen molar-refractivity contribution in [2.24, 2.45) is 0 Å². The zero-order valence-corrected chi connectivity index (χ0v) is 9.82. The Kier molecular flexibility index (Phi) is 4.49. The summed E-state index contributed by atoms with van der Waals surface area (Å²) in [6.45, 7) is 0.750. The summed E-state index contributed by atoms with van der Waals surface area (Å²) in [6, 6.07) is 0.364. The third-order valence-corrected chi connectivity index (χ3v) is 2.95. The minimum absolute atomic E-state index is 0.0420. The monoisotopic (exact) mass is 238 g/mol. The van der Waals surface area contributed by atoms with Gasteiger partial charge in [0.1, 0.15) is 0 Å². The van der Waals surface area contributed by atoms with Crippen molar-refractivity contribution in [1.29, 1.82) is 0 Å². The Morgan fingerprint density at radius 1 is 1.41 bits per heavy atom. The Labute approximate surface area is 100 Å². The van der Waals surface area contributed by atoms with Crippen LogP contribution in [0.4, 0.5) is 0 Å². The summed E-state index contributed by atoms with van der Waals surface area (Å²) in [7, 11) is 0. The molecule has 2 rings (SSSR count). The van der Waals surface area contributed by atoms with Crippen LogP contribution in [0.2, 0.25) is 0 Å². The van der Waals surface area contributed by atoms with Gasteiger partial charge < -0.3 is 15.2 Å². The second-order valence-electron chi connectivity index (χ2n) is 4.35. The average Bonchev–Trinajstić information content (AvgIpc) is 2.83. The Morgan fingerprint density at radius 3 is 2.94 bits per heavy atom. The predicted molar refractivity (Wildman–Crippen MR) is 61.0 cm³/mol. The van der Waals surface area contributed by atoms with Crippen LogP contribution < -0.4 is 10.6 Å². The van der Waals surface area contributed by atoms with Crippen LogP contribution in [-0.2, 0) is 11.3 Å². The third kappa shape index (κ3) is 4.14. The number of nitrogens with zero attached hydrogens (tertiary/aromatic N) is 2. The van der Waals surface area contributed by atoms with Gasteiger partial charge in [0.05, 0.1) is 13.1 Å². The highest BCUT2D eigenvalue weighted by atomic mass is 16.5. The van der Waals surface area contributed by atoms with E-state index in [1.54, 1.807) is 0 Å². The maximum Gasteiger partial charge on any atom is 0.234 e. The molecule has 1 amide bonds. The molecular weight excluding hydrogens is 220 g/mol. The van der Waals surface area contributed by atoms with Gasteiger partial charge in [0.15, 0.2) is 5.82 Å². The molecule has 2 N–H and O–H groups in total. The van der Waals surface area contributed by atoms with Crippen molar-refractivity contribution >= 4 is 5.91 Å². The van der Waals surface area contributed by atoms with E-state index in [0.717, 1.165) is 12.8 Å². The standard InChI is InChI=1S/C11H18N4O2/c16-11(14-9-4-2-1-3-5-9)7-12-6-10-13-8-17-15-10/h8-9,12H,1-7H2,(H,14,16). The maximum atomic E-state index is 11.6. The minimum Gasteiger partial charge on any atom is -0.352 e.